The molecule has 0 amide bonds. The van der Waals surface area contributed by atoms with Gasteiger partial charge in [0.15, 0.2) is 0 Å². The minimum atomic E-state index is 0.700. The fourth-order valence-corrected chi connectivity index (χ4v) is 3.63. The molecule has 124 valence electrons. The molecule has 0 bridgehead atoms. The molecule has 0 aromatic heterocycles. The topological polar surface area (TPSA) is 20.3 Å². The highest BCUT2D eigenvalue weighted by atomic mass is 16.1. The molecule has 0 atom stereocenters. The van der Waals surface area contributed by atoms with Gasteiger partial charge in [-0.15, -0.1) is 0 Å². The molecule has 0 N–H and O–H groups in total. The third-order valence-corrected chi connectivity index (χ3v) is 4.94. The Morgan fingerprint density at radius 3 is 2.20 bits per heavy atom. The van der Waals surface area contributed by atoms with E-state index in [9.17, 15) is 4.79 Å². The van der Waals surface area contributed by atoms with Crippen LogP contribution in [0.2, 0.25) is 0 Å². The lowest BCUT2D eigenvalue weighted by Gasteiger charge is -2.28. The Labute approximate surface area is 148 Å². The Hall–Kier alpha value is -2.87. The molecule has 0 fully saturated rings. The average molecular weight is 327 g/mol. The first-order valence-electron chi connectivity index (χ1n) is 8.79. The summed E-state index contributed by atoms with van der Waals surface area (Å²) in [5.41, 5.74) is 8.32. The number of aldehydes is 1. The number of hydrogen-bond acceptors (Lipinski definition) is 2. The van der Waals surface area contributed by atoms with Gasteiger partial charge in [-0.3, -0.25) is 4.79 Å². The molecule has 0 saturated heterocycles. The molecule has 2 heteroatoms. The minimum absolute atomic E-state index is 0.700. The predicted octanol–water partition coefficient (Wildman–Crippen LogP) is 5.77. The van der Waals surface area contributed by atoms with Crippen LogP contribution in [-0.4, -0.2) is 6.29 Å². The quantitative estimate of drug-likeness (QED) is 0.567. The Kier molecular flexibility index (Phi) is 4.10. The molecular formula is C23H21NO. The van der Waals surface area contributed by atoms with Crippen LogP contribution in [0.5, 0.6) is 0 Å². The molecule has 25 heavy (non-hydrogen) atoms. The summed E-state index contributed by atoms with van der Waals surface area (Å²) in [5, 5.41) is 0. The lowest BCUT2D eigenvalue weighted by molar-refractivity contribution is 0.112. The van der Waals surface area contributed by atoms with Crippen LogP contribution in [0, 0.1) is 6.92 Å². The van der Waals surface area contributed by atoms with E-state index >= 15 is 0 Å². The standard InChI is InChI=1S/C23H21NO/c1-17-8-12-20(13-9-17)24(21-14-10-18(16-25)11-15-21)23-7-3-5-19-4-2-6-22(19)23/h3,5,7-16H,2,4,6H2,1H3. The van der Waals surface area contributed by atoms with Crippen molar-refractivity contribution in [3.63, 3.8) is 0 Å². The molecule has 0 saturated carbocycles. The van der Waals surface area contributed by atoms with Gasteiger partial charge in [-0.05, 0) is 79.8 Å². The lowest BCUT2D eigenvalue weighted by Crippen LogP contribution is -2.12. The van der Waals surface area contributed by atoms with Crippen molar-refractivity contribution in [2.24, 2.45) is 0 Å². The number of carbonyl (C=O) groups excluding carboxylic acids is 1. The third kappa shape index (κ3) is 2.96. The van der Waals surface area contributed by atoms with E-state index in [1.54, 1.807) is 0 Å². The minimum Gasteiger partial charge on any atom is -0.310 e. The number of hydrogen-bond donors (Lipinski definition) is 0. The third-order valence-electron chi connectivity index (χ3n) is 4.94. The molecule has 3 aromatic rings. The molecule has 0 heterocycles. The van der Waals surface area contributed by atoms with E-state index in [2.05, 4.69) is 54.3 Å². The van der Waals surface area contributed by atoms with E-state index in [1.165, 1.54) is 28.8 Å². The smallest absolute Gasteiger partial charge is 0.150 e. The van der Waals surface area contributed by atoms with E-state index in [1.807, 2.05) is 24.3 Å². The Morgan fingerprint density at radius 2 is 1.52 bits per heavy atom. The van der Waals surface area contributed by atoms with Gasteiger partial charge in [0.25, 0.3) is 0 Å². The van der Waals surface area contributed by atoms with Crippen molar-refractivity contribution in [1.29, 1.82) is 0 Å². The summed E-state index contributed by atoms with van der Waals surface area (Å²) >= 11 is 0. The van der Waals surface area contributed by atoms with Crippen molar-refractivity contribution in [2.45, 2.75) is 26.2 Å². The van der Waals surface area contributed by atoms with Crippen molar-refractivity contribution in [1.82, 2.24) is 0 Å². The fraction of sp³-hybridized carbons (Fsp3) is 0.174. The van der Waals surface area contributed by atoms with Gasteiger partial charge in [0.05, 0.1) is 0 Å². The van der Waals surface area contributed by atoms with Crippen LogP contribution in [0.15, 0.2) is 66.7 Å². The van der Waals surface area contributed by atoms with Crippen LogP contribution < -0.4 is 4.90 Å². The summed E-state index contributed by atoms with van der Waals surface area (Å²) in [4.78, 5) is 13.3. The monoisotopic (exact) mass is 327 g/mol. The second-order valence-corrected chi connectivity index (χ2v) is 6.65. The van der Waals surface area contributed by atoms with Gasteiger partial charge in [-0.1, -0.05) is 29.8 Å². The van der Waals surface area contributed by atoms with Crippen molar-refractivity contribution < 1.29 is 4.79 Å². The Balaban J connectivity index is 1.88. The Morgan fingerprint density at radius 1 is 0.840 bits per heavy atom. The zero-order valence-corrected chi connectivity index (χ0v) is 14.4. The van der Waals surface area contributed by atoms with Gasteiger partial charge in [0, 0.05) is 22.6 Å². The summed E-state index contributed by atoms with van der Waals surface area (Å²) in [6.45, 7) is 2.10. The molecule has 0 aliphatic heterocycles. The summed E-state index contributed by atoms with van der Waals surface area (Å²) in [6, 6.07) is 23.0. The predicted molar refractivity (Wildman–Crippen MR) is 103 cm³/mol. The number of fused-ring (bicyclic) bond motifs is 1. The zero-order valence-electron chi connectivity index (χ0n) is 14.4. The second kappa shape index (κ2) is 6.56. The number of nitrogens with zero attached hydrogens (tertiary/aromatic N) is 1. The number of rotatable bonds is 4. The van der Waals surface area contributed by atoms with Crippen molar-refractivity contribution in [3.8, 4) is 0 Å². The molecule has 0 spiro atoms. The van der Waals surface area contributed by atoms with E-state index in [0.717, 1.165) is 30.5 Å². The largest absolute Gasteiger partial charge is 0.310 e. The summed E-state index contributed by atoms with van der Waals surface area (Å²) in [6.07, 6.45) is 4.40. The van der Waals surface area contributed by atoms with Crippen LogP contribution in [0.4, 0.5) is 17.1 Å². The maximum atomic E-state index is 11.0. The van der Waals surface area contributed by atoms with Crippen molar-refractivity contribution >= 4 is 23.3 Å². The van der Waals surface area contributed by atoms with Gasteiger partial charge in [0.2, 0.25) is 0 Å². The summed E-state index contributed by atoms with van der Waals surface area (Å²) in [7, 11) is 0. The van der Waals surface area contributed by atoms with E-state index in [-0.39, 0.29) is 0 Å². The molecule has 2 nitrogen and oxygen atoms in total. The number of anilines is 3. The van der Waals surface area contributed by atoms with Gasteiger partial charge >= 0.3 is 0 Å². The van der Waals surface area contributed by atoms with Crippen molar-refractivity contribution in [2.75, 3.05) is 4.90 Å². The summed E-state index contributed by atoms with van der Waals surface area (Å²) in [5.74, 6) is 0. The van der Waals surface area contributed by atoms with Crippen LogP contribution in [-0.2, 0) is 12.8 Å². The van der Waals surface area contributed by atoms with Crippen LogP contribution >= 0.6 is 0 Å². The number of aryl methyl sites for hydroxylation is 2. The fourth-order valence-electron chi connectivity index (χ4n) is 3.63. The second-order valence-electron chi connectivity index (χ2n) is 6.65. The van der Waals surface area contributed by atoms with Crippen LogP contribution in [0.25, 0.3) is 0 Å². The zero-order chi connectivity index (χ0) is 17.2. The van der Waals surface area contributed by atoms with E-state index in [4.69, 9.17) is 0 Å². The number of carbonyl (C=O) groups is 1. The first-order valence-corrected chi connectivity index (χ1v) is 8.79. The Bertz CT molecular complexity index is 894. The van der Waals surface area contributed by atoms with Gasteiger partial charge in [-0.25, -0.2) is 0 Å². The molecule has 1 aliphatic rings. The lowest BCUT2D eigenvalue weighted by atomic mass is 10.0. The molecule has 4 rings (SSSR count). The van der Waals surface area contributed by atoms with Gasteiger partial charge in [-0.2, -0.15) is 0 Å². The molecule has 0 unspecified atom stereocenters. The van der Waals surface area contributed by atoms with Crippen molar-refractivity contribution in [3.05, 3.63) is 89.0 Å². The van der Waals surface area contributed by atoms with Crippen LogP contribution in [0.1, 0.15) is 33.5 Å². The molecule has 3 aromatic carbocycles. The number of benzene rings is 3. The average Bonchev–Trinajstić information content (AvgIpc) is 3.14. The normalized spacial score (nSPS) is 12.7. The van der Waals surface area contributed by atoms with E-state index in [0.29, 0.717) is 5.56 Å². The highest BCUT2D eigenvalue weighted by molar-refractivity contribution is 5.82. The molecular weight excluding hydrogens is 306 g/mol. The first kappa shape index (κ1) is 15.6. The molecule has 1 aliphatic carbocycles. The first-order chi connectivity index (χ1) is 12.3. The van der Waals surface area contributed by atoms with Gasteiger partial charge in [0.1, 0.15) is 6.29 Å². The maximum absolute atomic E-state index is 11.0. The van der Waals surface area contributed by atoms with E-state index < -0.39 is 0 Å². The SMILES string of the molecule is Cc1ccc(N(c2ccc(C=O)cc2)c2cccc3c2CCC3)cc1. The summed E-state index contributed by atoms with van der Waals surface area (Å²) < 4.78 is 0. The highest BCUT2D eigenvalue weighted by Crippen LogP contribution is 2.40. The van der Waals surface area contributed by atoms with Gasteiger partial charge < -0.3 is 4.90 Å². The molecule has 0 radical (unpaired) electrons. The highest BCUT2D eigenvalue weighted by Gasteiger charge is 2.20. The van der Waals surface area contributed by atoms with Crippen LogP contribution in [0.3, 0.4) is 0 Å². The maximum Gasteiger partial charge on any atom is 0.150 e.